The molecule has 7 heteroatoms. The number of esters is 1. The molecule has 1 aliphatic carbocycles. The van der Waals surface area contributed by atoms with Crippen molar-refractivity contribution in [1.82, 2.24) is 10.2 Å². The third kappa shape index (κ3) is 5.11. The average molecular weight is 497 g/mol. The van der Waals surface area contributed by atoms with Gasteiger partial charge in [-0.15, -0.1) is 0 Å². The molecule has 3 aromatic carbocycles. The van der Waals surface area contributed by atoms with Crippen LogP contribution >= 0.6 is 0 Å². The van der Waals surface area contributed by atoms with Crippen LogP contribution in [0.3, 0.4) is 0 Å². The second kappa shape index (κ2) is 10.7. The number of hydrogen-bond acceptors (Lipinski definition) is 5. The Bertz CT molecular complexity index is 1290. The van der Waals surface area contributed by atoms with Gasteiger partial charge in [-0.1, -0.05) is 85.4 Å². The van der Waals surface area contributed by atoms with Gasteiger partial charge in [-0.3, -0.25) is 9.69 Å². The molecule has 1 fully saturated rings. The third-order valence-electron chi connectivity index (χ3n) is 6.86. The fraction of sp³-hybridized carbons (Fsp3) is 0.233. The highest BCUT2D eigenvalue weighted by Crippen LogP contribution is 2.44. The van der Waals surface area contributed by atoms with Crippen molar-refractivity contribution in [1.29, 1.82) is 0 Å². The summed E-state index contributed by atoms with van der Waals surface area (Å²) in [4.78, 5) is 39.7. The smallest absolute Gasteiger partial charge is 0.410 e. The van der Waals surface area contributed by atoms with Crippen molar-refractivity contribution in [2.45, 2.75) is 31.4 Å². The van der Waals surface area contributed by atoms with Gasteiger partial charge >= 0.3 is 12.1 Å². The highest BCUT2D eigenvalue weighted by atomic mass is 16.6. The van der Waals surface area contributed by atoms with Crippen molar-refractivity contribution in [3.8, 4) is 11.1 Å². The zero-order valence-corrected chi connectivity index (χ0v) is 20.4. The number of nitrogens with one attached hydrogen (secondary N) is 1. The molecule has 0 aromatic heterocycles. The van der Waals surface area contributed by atoms with Gasteiger partial charge in [-0.25, -0.2) is 9.59 Å². The molecule has 7 nitrogen and oxygen atoms in total. The van der Waals surface area contributed by atoms with Crippen LogP contribution in [-0.2, 0) is 25.7 Å². The van der Waals surface area contributed by atoms with E-state index in [-0.39, 0.29) is 24.8 Å². The van der Waals surface area contributed by atoms with Gasteiger partial charge in [0.25, 0.3) is 0 Å². The number of fused-ring (bicyclic) bond motifs is 3. The first-order valence-corrected chi connectivity index (χ1v) is 12.4. The second-order valence-corrected chi connectivity index (χ2v) is 9.18. The minimum Gasteiger partial charge on any atom is -0.456 e. The molecule has 2 aliphatic rings. The number of carbonyl (C=O) groups excluding carboxylic acids is 3. The van der Waals surface area contributed by atoms with Gasteiger partial charge < -0.3 is 14.8 Å². The Balaban J connectivity index is 1.17. The lowest BCUT2D eigenvalue weighted by Gasteiger charge is -2.24. The maximum absolute atomic E-state index is 13.0. The Kier molecular flexibility index (Phi) is 7.03. The third-order valence-corrected chi connectivity index (χ3v) is 6.86. The predicted molar refractivity (Wildman–Crippen MR) is 138 cm³/mol. The van der Waals surface area contributed by atoms with E-state index in [0.29, 0.717) is 19.4 Å². The zero-order valence-electron chi connectivity index (χ0n) is 20.4. The first kappa shape index (κ1) is 24.3. The average Bonchev–Trinajstić information content (AvgIpc) is 3.55. The van der Waals surface area contributed by atoms with Crippen molar-refractivity contribution < 1.29 is 23.9 Å². The number of amides is 2. The molecule has 0 unspecified atom stereocenters. The van der Waals surface area contributed by atoms with Gasteiger partial charge in [-0.05, 0) is 40.7 Å². The number of benzene rings is 3. The molecule has 188 valence electrons. The van der Waals surface area contributed by atoms with Gasteiger partial charge in [0.2, 0.25) is 5.91 Å². The molecular weight excluding hydrogens is 468 g/mol. The molecule has 2 amide bonds. The summed E-state index contributed by atoms with van der Waals surface area (Å²) in [5.41, 5.74) is 5.20. The summed E-state index contributed by atoms with van der Waals surface area (Å²) in [6.07, 6.45) is 0.590. The molecule has 3 aromatic rings. The summed E-state index contributed by atoms with van der Waals surface area (Å²) in [6.45, 7) is 4.29. The van der Waals surface area contributed by atoms with Crippen LogP contribution < -0.4 is 5.32 Å². The van der Waals surface area contributed by atoms with Crippen LogP contribution in [0.25, 0.3) is 11.1 Å². The summed E-state index contributed by atoms with van der Waals surface area (Å²) < 4.78 is 11.0. The Morgan fingerprint density at radius 2 is 1.49 bits per heavy atom. The minimum atomic E-state index is -0.741. The number of carbonyl (C=O) groups is 3. The molecule has 1 N–H and O–H groups in total. The molecular formula is C30H28N2O5. The van der Waals surface area contributed by atoms with E-state index in [4.69, 9.17) is 9.47 Å². The van der Waals surface area contributed by atoms with Crippen molar-refractivity contribution in [3.05, 3.63) is 108 Å². The molecule has 0 saturated carbocycles. The first-order valence-electron chi connectivity index (χ1n) is 12.4. The van der Waals surface area contributed by atoms with E-state index < -0.39 is 24.0 Å². The highest BCUT2D eigenvalue weighted by Gasteiger charge is 2.37. The maximum Gasteiger partial charge on any atom is 0.410 e. The van der Waals surface area contributed by atoms with Crippen molar-refractivity contribution in [2.75, 3.05) is 13.2 Å². The Labute approximate surface area is 215 Å². The van der Waals surface area contributed by atoms with E-state index in [1.165, 1.54) is 4.90 Å². The summed E-state index contributed by atoms with van der Waals surface area (Å²) >= 11 is 0. The summed E-state index contributed by atoms with van der Waals surface area (Å²) in [7, 11) is 0. The van der Waals surface area contributed by atoms with Crippen LogP contribution in [0.4, 0.5) is 4.79 Å². The summed E-state index contributed by atoms with van der Waals surface area (Å²) in [5.74, 6) is -1.26. The van der Waals surface area contributed by atoms with Crippen molar-refractivity contribution >= 4 is 18.0 Å². The fourth-order valence-corrected chi connectivity index (χ4v) is 5.03. The minimum absolute atomic E-state index is 0.0645. The van der Waals surface area contributed by atoms with E-state index in [1.54, 1.807) is 0 Å². The van der Waals surface area contributed by atoms with Crippen molar-refractivity contribution in [3.63, 3.8) is 0 Å². The van der Waals surface area contributed by atoms with Crippen LogP contribution in [0.1, 0.15) is 35.4 Å². The standard InChI is InChI=1S/C30H28N2O5/c1-20(29(34)36-18-21-10-3-2-4-11-21)31-28(33)27-16-9-17-32(27)30(35)37-19-26-24-14-7-5-12-22(24)23-13-6-8-15-25(23)26/h2-8,10-15,26-27H,1,9,16-19H2,(H,31,33)/t27-/m0/s1. The lowest BCUT2D eigenvalue weighted by Crippen LogP contribution is -2.46. The van der Waals surface area contributed by atoms with Crippen molar-refractivity contribution in [2.24, 2.45) is 0 Å². The highest BCUT2D eigenvalue weighted by molar-refractivity contribution is 5.96. The zero-order chi connectivity index (χ0) is 25.8. The van der Waals surface area contributed by atoms with Crippen LogP contribution in [0.5, 0.6) is 0 Å². The molecule has 1 heterocycles. The molecule has 37 heavy (non-hydrogen) atoms. The maximum atomic E-state index is 13.0. The predicted octanol–water partition coefficient (Wildman–Crippen LogP) is 4.77. The van der Waals surface area contributed by atoms with E-state index in [0.717, 1.165) is 27.8 Å². The quantitative estimate of drug-likeness (QED) is 0.376. The summed E-state index contributed by atoms with van der Waals surface area (Å²) in [6, 6.07) is 24.7. The topological polar surface area (TPSA) is 84.9 Å². The van der Waals surface area contributed by atoms with Crippen LogP contribution in [-0.4, -0.2) is 42.1 Å². The molecule has 1 atom stereocenters. The lowest BCUT2D eigenvalue weighted by atomic mass is 9.98. The number of rotatable bonds is 7. The molecule has 0 bridgehead atoms. The van der Waals surface area contributed by atoms with Crippen LogP contribution in [0.15, 0.2) is 91.1 Å². The van der Waals surface area contributed by atoms with E-state index >= 15 is 0 Å². The van der Waals surface area contributed by atoms with Gasteiger partial charge in [0.05, 0.1) is 0 Å². The first-order chi connectivity index (χ1) is 18.0. The lowest BCUT2D eigenvalue weighted by molar-refractivity contribution is -0.142. The number of hydrogen-bond donors (Lipinski definition) is 1. The molecule has 1 saturated heterocycles. The second-order valence-electron chi connectivity index (χ2n) is 9.18. The van der Waals surface area contributed by atoms with Crippen LogP contribution in [0, 0.1) is 0 Å². The van der Waals surface area contributed by atoms with Gasteiger partial charge in [-0.2, -0.15) is 0 Å². The molecule has 0 spiro atoms. The van der Waals surface area contributed by atoms with E-state index in [2.05, 4.69) is 36.2 Å². The number of ether oxygens (including phenoxy) is 2. The Morgan fingerprint density at radius 3 is 2.16 bits per heavy atom. The number of likely N-dealkylation sites (tertiary alicyclic amines) is 1. The van der Waals surface area contributed by atoms with Gasteiger partial charge in [0, 0.05) is 12.5 Å². The monoisotopic (exact) mass is 496 g/mol. The van der Waals surface area contributed by atoms with E-state index in [9.17, 15) is 14.4 Å². The SMILES string of the molecule is C=C(NC(=O)[C@@H]1CCCN1C(=O)OCC1c2ccccc2-c2ccccc21)C(=O)OCc1ccccc1. The molecule has 1 aliphatic heterocycles. The molecule has 5 rings (SSSR count). The Hall–Kier alpha value is -4.39. The van der Waals surface area contributed by atoms with E-state index in [1.807, 2.05) is 54.6 Å². The Morgan fingerprint density at radius 1 is 0.865 bits per heavy atom. The number of nitrogens with zero attached hydrogens (tertiary/aromatic N) is 1. The summed E-state index contributed by atoms with van der Waals surface area (Å²) in [5, 5.41) is 2.51. The van der Waals surface area contributed by atoms with Gasteiger partial charge in [0.1, 0.15) is 25.0 Å². The largest absolute Gasteiger partial charge is 0.456 e. The normalized spacial score (nSPS) is 16.0. The van der Waals surface area contributed by atoms with Crippen LogP contribution in [0.2, 0.25) is 0 Å². The van der Waals surface area contributed by atoms with Gasteiger partial charge in [0.15, 0.2) is 0 Å². The fourth-order valence-electron chi connectivity index (χ4n) is 5.03. The molecule has 0 radical (unpaired) electrons.